The average Bonchev–Trinajstić information content (AvgIpc) is 3.36. The van der Waals surface area contributed by atoms with Crippen LogP contribution in [0.25, 0.3) is 23.1 Å². The smallest absolute Gasteiger partial charge is 0.283 e. The molecule has 4 rings (SSSR count). The van der Waals surface area contributed by atoms with Crippen LogP contribution in [-0.2, 0) is 6.42 Å². The third-order valence-corrected chi connectivity index (χ3v) is 4.26. The second-order valence-corrected chi connectivity index (χ2v) is 6.36. The van der Waals surface area contributed by atoms with Gasteiger partial charge in [-0.25, -0.2) is 8.78 Å². The monoisotopic (exact) mass is 400 g/mol. The molecule has 0 N–H and O–H groups in total. The van der Waals surface area contributed by atoms with Crippen molar-refractivity contribution in [1.82, 2.24) is 10.2 Å². The third kappa shape index (κ3) is 3.57. The van der Waals surface area contributed by atoms with Gasteiger partial charge < -0.3 is 8.83 Å². The molecule has 5 nitrogen and oxygen atoms in total. The Hall–Kier alpha value is -3.32. The molecule has 140 valence electrons. The molecule has 0 unspecified atom stereocenters. The lowest BCUT2D eigenvalue weighted by molar-refractivity contribution is 0.0988. The Balaban J connectivity index is 1.64. The Kier molecular flexibility index (Phi) is 4.75. The van der Waals surface area contributed by atoms with Crippen LogP contribution in [0, 0.1) is 11.6 Å². The van der Waals surface area contributed by atoms with Crippen LogP contribution in [0.5, 0.6) is 0 Å². The van der Waals surface area contributed by atoms with Crippen LogP contribution < -0.4 is 0 Å². The number of furan rings is 1. The van der Waals surface area contributed by atoms with E-state index in [-0.39, 0.29) is 34.4 Å². The molecule has 0 fully saturated rings. The van der Waals surface area contributed by atoms with Gasteiger partial charge in [0.25, 0.3) is 5.89 Å². The number of aromatic nitrogens is 2. The standard InChI is InChI=1S/C20H11ClF2N2O3/c21-13-4-6-15(22)12(8-13)10-17(26)14-9-11(3-5-16(14)23)19-24-25-20(28-19)18-2-1-7-27-18/h1-9H,10H2. The fraction of sp³-hybridized carbons (Fsp3) is 0.0500. The summed E-state index contributed by atoms with van der Waals surface area (Å²) in [4.78, 5) is 12.5. The molecule has 2 aromatic heterocycles. The van der Waals surface area contributed by atoms with Crippen molar-refractivity contribution in [3.05, 3.63) is 82.6 Å². The van der Waals surface area contributed by atoms with E-state index in [4.69, 9.17) is 20.4 Å². The molecule has 0 spiro atoms. The maximum atomic E-state index is 14.2. The van der Waals surface area contributed by atoms with E-state index in [0.717, 1.165) is 12.1 Å². The summed E-state index contributed by atoms with van der Waals surface area (Å²) in [6.45, 7) is 0. The summed E-state index contributed by atoms with van der Waals surface area (Å²) >= 11 is 5.84. The van der Waals surface area contributed by atoms with Gasteiger partial charge in [-0.15, -0.1) is 10.2 Å². The number of halogens is 3. The number of hydrogen-bond acceptors (Lipinski definition) is 5. The third-order valence-electron chi connectivity index (χ3n) is 4.03. The summed E-state index contributed by atoms with van der Waals surface area (Å²) in [6.07, 6.45) is 1.12. The zero-order chi connectivity index (χ0) is 19.7. The van der Waals surface area contributed by atoms with Crippen molar-refractivity contribution >= 4 is 17.4 Å². The molecule has 0 aliphatic carbocycles. The fourth-order valence-corrected chi connectivity index (χ4v) is 2.85. The summed E-state index contributed by atoms with van der Waals surface area (Å²) in [6, 6.07) is 11.0. The second kappa shape index (κ2) is 7.36. The number of benzene rings is 2. The summed E-state index contributed by atoms with van der Waals surface area (Å²) in [5.41, 5.74) is 0.219. The molecular weight excluding hydrogens is 390 g/mol. The first-order valence-electron chi connectivity index (χ1n) is 8.15. The van der Waals surface area contributed by atoms with E-state index in [1.165, 1.54) is 30.5 Å². The Morgan fingerprint density at radius 3 is 2.57 bits per heavy atom. The predicted octanol–water partition coefficient (Wildman–Crippen LogP) is 5.35. The number of carbonyl (C=O) groups is 1. The lowest BCUT2D eigenvalue weighted by Gasteiger charge is -2.06. The molecule has 0 saturated carbocycles. The van der Waals surface area contributed by atoms with Crippen LogP contribution in [0.15, 0.2) is 63.6 Å². The molecular formula is C20H11ClF2N2O3. The topological polar surface area (TPSA) is 69.1 Å². The van der Waals surface area contributed by atoms with Gasteiger partial charge in [-0.05, 0) is 54.1 Å². The highest BCUT2D eigenvalue weighted by atomic mass is 35.5. The van der Waals surface area contributed by atoms with Gasteiger partial charge in [0, 0.05) is 17.0 Å². The van der Waals surface area contributed by atoms with Gasteiger partial charge in [0.15, 0.2) is 11.5 Å². The number of hydrogen-bond donors (Lipinski definition) is 0. The molecule has 28 heavy (non-hydrogen) atoms. The van der Waals surface area contributed by atoms with Gasteiger partial charge in [0.2, 0.25) is 5.89 Å². The number of carbonyl (C=O) groups excluding carboxylic acids is 1. The quantitative estimate of drug-likeness (QED) is 0.422. The maximum Gasteiger partial charge on any atom is 0.283 e. The number of ketones is 1. The van der Waals surface area contributed by atoms with Crippen molar-refractivity contribution in [2.24, 2.45) is 0 Å². The summed E-state index contributed by atoms with van der Waals surface area (Å²) in [5, 5.41) is 8.05. The molecule has 4 aromatic rings. The molecule has 0 aliphatic rings. The predicted molar refractivity (Wildman–Crippen MR) is 96.8 cm³/mol. The first-order chi connectivity index (χ1) is 13.5. The first kappa shape index (κ1) is 18.1. The highest BCUT2D eigenvalue weighted by Crippen LogP contribution is 2.26. The zero-order valence-corrected chi connectivity index (χ0v) is 14.9. The van der Waals surface area contributed by atoms with Crippen molar-refractivity contribution in [3.8, 4) is 23.1 Å². The molecule has 0 atom stereocenters. The zero-order valence-electron chi connectivity index (χ0n) is 14.2. The number of nitrogens with zero attached hydrogens (tertiary/aromatic N) is 2. The van der Waals surface area contributed by atoms with Gasteiger partial charge in [-0.2, -0.15) is 0 Å². The van der Waals surface area contributed by atoms with Gasteiger partial charge in [0.1, 0.15) is 11.6 Å². The Morgan fingerprint density at radius 1 is 1.00 bits per heavy atom. The summed E-state index contributed by atoms with van der Waals surface area (Å²) in [5.74, 6) is -1.30. The number of rotatable bonds is 5. The molecule has 2 heterocycles. The van der Waals surface area contributed by atoms with Crippen molar-refractivity contribution in [2.75, 3.05) is 0 Å². The maximum absolute atomic E-state index is 14.2. The SMILES string of the molecule is O=C(Cc1cc(Cl)ccc1F)c1cc(-c2nnc(-c3ccco3)o2)ccc1F. The van der Waals surface area contributed by atoms with E-state index in [1.807, 2.05) is 0 Å². The highest BCUT2D eigenvalue weighted by molar-refractivity contribution is 6.30. The van der Waals surface area contributed by atoms with Crippen LogP contribution in [0.3, 0.4) is 0 Å². The van der Waals surface area contributed by atoms with E-state index in [1.54, 1.807) is 12.1 Å². The lowest BCUT2D eigenvalue weighted by Crippen LogP contribution is -2.08. The van der Waals surface area contributed by atoms with Gasteiger partial charge in [-0.1, -0.05) is 11.6 Å². The van der Waals surface area contributed by atoms with Crippen molar-refractivity contribution in [2.45, 2.75) is 6.42 Å². The van der Waals surface area contributed by atoms with Gasteiger partial charge >= 0.3 is 0 Å². The minimum atomic E-state index is -0.734. The first-order valence-corrected chi connectivity index (χ1v) is 8.53. The van der Waals surface area contributed by atoms with E-state index in [0.29, 0.717) is 11.3 Å². The van der Waals surface area contributed by atoms with Crippen LogP contribution in [0.4, 0.5) is 8.78 Å². The minimum absolute atomic E-state index is 0.0835. The summed E-state index contributed by atoms with van der Waals surface area (Å²) in [7, 11) is 0. The minimum Gasteiger partial charge on any atom is -0.459 e. The molecule has 8 heteroatoms. The van der Waals surface area contributed by atoms with Crippen molar-refractivity contribution in [1.29, 1.82) is 0 Å². The molecule has 0 amide bonds. The van der Waals surface area contributed by atoms with Crippen molar-refractivity contribution < 1.29 is 22.4 Å². The van der Waals surface area contributed by atoms with Crippen molar-refractivity contribution in [3.63, 3.8) is 0 Å². The van der Waals surface area contributed by atoms with E-state index in [9.17, 15) is 13.6 Å². The summed E-state index contributed by atoms with van der Waals surface area (Å²) < 4.78 is 38.8. The number of Topliss-reactive ketones (excluding diaryl/α,β-unsaturated/α-hetero) is 1. The largest absolute Gasteiger partial charge is 0.459 e. The molecule has 0 saturated heterocycles. The Labute approximate surface area is 162 Å². The Morgan fingerprint density at radius 2 is 1.79 bits per heavy atom. The van der Waals surface area contributed by atoms with Gasteiger partial charge in [-0.3, -0.25) is 4.79 Å². The fourth-order valence-electron chi connectivity index (χ4n) is 2.66. The normalized spacial score (nSPS) is 11.0. The van der Waals surface area contributed by atoms with E-state index >= 15 is 0 Å². The second-order valence-electron chi connectivity index (χ2n) is 5.92. The average molecular weight is 401 g/mol. The van der Waals surface area contributed by atoms with Crippen LogP contribution >= 0.6 is 11.6 Å². The van der Waals surface area contributed by atoms with E-state index < -0.39 is 17.4 Å². The van der Waals surface area contributed by atoms with E-state index in [2.05, 4.69) is 10.2 Å². The van der Waals surface area contributed by atoms with Crippen LogP contribution in [0.1, 0.15) is 15.9 Å². The molecule has 0 bridgehead atoms. The molecule has 0 aliphatic heterocycles. The van der Waals surface area contributed by atoms with Crippen LogP contribution in [0.2, 0.25) is 5.02 Å². The Bertz CT molecular complexity index is 1160. The molecule has 0 radical (unpaired) electrons. The van der Waals surface area contributed by atoms with Gasteiger partial charge in [0.05, 0.1) is 11.8 Å². The lowest BCUT2D eigenvalue weighted by atomic mass is 10.0. The van der Waals surface area contributed by atoms with Crippen LogP contribution in [-0.4, -0.2) is 16.0 Å². The highest BCUT2D eigenvalue weighted by Gasteiger charge is 2.19. The molecule has 2 aromatic carbocycles.